The van der Waals surface area contributed by atoms with Crippen LogP contribution in [0.25, 0.3) is 0 Å². The van der Waals surface area contributed by atoms with Crippen molar-refractivity contribution in [2.24, 2.45) is 0 Å². The maximum absolute atomic E-state index is 11.8. The van der Waals surface area contributed by atoms with Gasteiger partial charge in [0.05, 0.1) is 5.69 Å². The summed E-state index contributed by atoms with van der Waals surface area (Å²) in [6.45, 7) is 10.5. The van der Waals surface area contributed by atoms with E-state index in [1.807, 2.05) is 23.2 Å². The average Bonchev–Trinajstić information content (AvgIpc) is 2.52. The van der Waals surface area contributed by atoms with Crippen molar-refractivity contribution in [2.75, 3.05) is 13.1 Å². The highest BCUT2D eigenvalue weighted by atomic mass is 16.2. The Morgan fingerprint density at radius 1 is 1.57 bits per heavy atom. The van der Waals surface area contributed by atoms with E-state index in [2.05, 4.69) is 36.4 Å². The summed E-state index contributed by atoms with van der Waals surface area (Å²) < 4.78 is 0. The lowest BCUT2D eigenvalue weighted by atomic mass is 10.0. The molecule has 0 spiro atoms. The molecule has 1 atom stereocenters. The maximum atomic E-state index is 11.8. The zero-order chi connectivity index (χ0) is 15.2. The lowest BCUT2D eigenvalue weighted by Crippen LogP contribution is -2.51. The van der Waals surface area contributed by atoms with Crippen LogP contribution in [-0.4, -0.2) is 45.9 Å². The Morgan fingerprint density at radius 2 is 2.38 bits per heavy atom. The van der Waals surface area contributed by atoms with Crippen molar-refractivity contribution < 1.29 is 4.79 Å². The molecule has 1 aliphatic heterocycles. The highest BCUT2D eigenvalue weighted by molar-refractivity contribution is 5.87. The minimum absolute atomic E-state index is 0.0428. The summed E-state index contributed by atoms with van der Waals surface area (Å²) in [5.74, 6) is 0.0428. The van der Waals surface area contributed by atoms with Crippen molar-refractivity contribution in [1.29, 1.82) is 0 Å². The number of nitrogens with zero attached hydrogens (tertiary/aromatic N) is 3. The van der Waals surface area contributed by atoms with Gasteiger partial charge in [-0.1, -0.05) is 12.6 Å². The minimum atomic E-state index is 0.0428. The number of hydrogen-bond acceptors (Lipinski definition) is 3. The van der Waals surface area contributed by atoms with E-state index in [-0.39, 0.29) is 5.91 Å². The van der Waals surface area contributed by atoms with Gasteiger partial charge < -0.3 is 4.90 Å². The fourth-order valence-corrected chi connectivity index (χ4v) is 2.97. The number of pyridine rings is 1. The van der Waals surface area contributed by atoms with E-state index >= 15 is 0 Å². The zero-order valence-electron chi connectivity index (χ0n) is 13.0. The summed E-state index contributed by atoms with van der Waals surface area (Å²) in [4.78, 5) is 20.6. The van der Waals surface area contributed by atoms with Crippen molar-refractivity contribution in [3.05, 3.63) is 42.7 Å². The molecular weight excluding hydrogens is 262 g/mol. The van der Waals surface area contributed by atoms with Crippen LogP contribution in [-0.2, 0) is 11.3 Å². The monoisotopic (exact) mass is 287 g/mol. The largest absolute Gasteiger partial charge is 0.338 e. The molecule has 0 N–H and O–H groups in total. The lowest BCUT2D eigenvalue weighted by molar-refractivity contribution is -0.128. The van der Waals surface area contributed by atoms with E-state index in [9.17, 15) is 4.79 Å². The van der Waals surface area contributed by atoms with Crippen LogP contribution in [0.5, 0.6) is 0 Å². The number of likely N-dealkylation sites (tertiary alicyclic amines) is 1. The molecule has 2 rings (SSSR count). The van der Waals surface area contributed by atoms with Crippen LogP contribution in [0.3, 0.4) is 0 Å². The number of rotatable bonds is 5. The average molecular weight is 287 g/mol. The molecular formula is C17H25N3O. The molecule has 1 aromatic heterocycles. The molecule has 114 valence electrons. The number of hydrogen-bond donors (Lipinski definition) is 0. The van der Waals surface area contributed by atoms with Gasteiger partial charge in [-0.15, -0.1) is 0 Å². The molecule has 21 heavy (non-hydrogen) atoms. The molecule has 0 aromatic carbocycles. The molecule has 1 aromatic rings. The number of carbonyl (C=O) groups is 1. The summed E-state index contributed by atoms with van der Waals surface area (Å²) in [6.07, 6.45) is 5.44. The Kier molecular flexibility index (Phi) is 5.51. The summed E-state index contributed by atoms with van der Waals surface area (Å²) in [6, 6.07) is 6.84. The quantitative estimate of drug-likeness (QED) is 0.781. The van der Waals surface area contributed by atoms with Gasteiger partial charge in [-0.05, 0) is 44.9 Å². The van der Waals surface area contributed by atoms with Crippen LogP contribution in [0.15, 0.2) is 37.1 Å². The van der Waals surface area contributed by atoms with E-state index in [4.69, 9.17) is 0 Å². The van der Waals surface area contributed by atoms with Crippen molar-refractivity contribution >= 4 is 5.91 Å². The predicted molar refractivity (Wildman–Crippen MR) is 84.7 cm³/mol. The molecule has 2 heterocycles. The Hall–Kier alpha value is -1.68. The summed E-state index contributed by atoms with van der Waals surface area (Å²) in [7, 11) is 0. The third-order valence-corrected chi connectivity index (χ3v) is 4.09. The summed E-state index contributed by atoms with van der Waals surface area (Å²) in [5, 5.41) is 0. The normalized spacial score (nSPS) is 19.0. The van der Waals surface area contributed by atoms with E-state index in [1.54, 1.807) is 0 Å². The third-order valence-electron chi connectivity index (χ3n) is 4.09. The topological polar surface area (TPSA) is 36.4 Å². The highest BCUT2D eigenvalue weighted by Crippen LogP contribution is 2.20. The van der Waals surface area contributed by atoms with Gasteiger partial charge in [-0.25, -0.2) is 0 Å². The van der Waals surface area contributed by atoms with Crippen molar-refractivity contribution in [1.82, 2.24) is 14.8 Å². The number of piperidine rings is 1. The van der Waals surface area contributed by atoms with E-state index in [0.717, 1.165) is 38.2 Å². The first-order chi connectivity index (χ1) is 10.1. The molecule has 1 amide bonds. The standard InChI is InChI=1S/C17H25N3O/c1-4-17(21)19-11-7-9-16(13-19)20(14(2)3)12-15-8-5-6-10-18-15/h4-6,8,10,14,16H,1,7,9,11-13H2,2-3H3/t16-/m1/s1. The third kappa shape index (κ3) is 4.14. The maximum Gasteiger partial charge on any atom is 0.246 e. The van der Waals surface area contributed by atoms with Gasteiger partial charge in [0.15, 0.2) is 0 Å². The first-order valence-electron chi connectivity index (χ1n) is 7.68. The summed E-state index contributed by atoms with van der Waals surface area (Å²) >= 11 is 0. The van der Waals surface area contributed by atoms with Gasteiger partial charge in [0.25, 0.3) is 0 Å². The second-order valence-electron chi connectivity index (χ2n) is 5.87. The molecule has 0 unspecified atom stereocenters. The molecule has 1 saturated heterocycles. The molecule has 4 nitrogen and oxygen atoms in total. The van der Waals surface area contributed by atoms with Crippen molar-refractivity contribution in [3.63, 3.8) is 0 Å². The van der Waals surface area contributed by atoms with Crippen LogP contribution < -0.4 is 0 Å². The van der Waals surface area contributed by atoms with Crippen LogP contribution in [0, 0.1) is 0 Å². The fourth-order valence-electron chi connectivity index (χ4n) is 2.97. The smallest absolute Gasteiger partial charge is 0.246 e. The van der Waals surface area contributed by atoms with Gasteiger partial charge >= 0.3 is 0 Å². The number of carbonyl (C=O) groups excluding carboxylic acids is 1. The van der Waals surface area contributed by atoms with Crippen LogP contribution >= 0.6 is 0 Å². The van der Waals surface area contributed by atoms with Crippen LogP contribution in [0.1, 0.15) is 32.4 Å². The highest BCUT2D eigenvalue weighted by Gasteiger charge is 2.28. The van der Waals surface area contributed by atoms with E-state index in [0.29, 0.717) is 12.1 Å². The molecule has 0 bridgehead atoms. The molecule has 0 radical (unpaired) electrons. The summed E-state index contributed by atoms with van der Waals surface area (Å²) in [5.41, 5.74) is 1.08. The van der Waals surface area contributed by atoms with Gasteiger partial charge in [0.2, 0.25) is 5.91 Å². The van der Waals surface area contributed by atoms with Crippen LogP contribution in [0.2, 0.25) is 0 Å². The number of amides is 1. The van der Waals surface area contributed by atoms with Gasteiger partial charge in [-0.3, -0.25) is 14.7 Å². The van der Waals surface area contributed by atoms with E-state index in [1.165, 1.54) is 6.08 Å². The Labute approximate surface area is 127 Å². The fraction of sp³-hybridized carbons (Fsp3) is 0.529. The molecule has 4 heteroatoms. The van der Waals surface area contributed by atoms with Crippen molar-refractivity contribution in [2.45, 2.75) is 45.3 Å². The second-order valence-corrected chi connectivity index (χ2v) is 5.87. The minimum Gasteiger partial charge on any atom is -0.338 e. The number of aromatic nitrogens is 1. The van der Waals surface area contributed by atoms with Crippen molar-refractivity contribution in [3.8, 4) is 0 Å². The Balaban J connectivity index is 2.07. The molecule has 1 aliphatic rings. The lowest BCUT2D eigenvalue weighted by Gasteiger charge is -2.41. The van der Waals surface area contributed by atoms with Gasteiger partial charge in [0.1, 0.15) is 0 Å². The molecule has 1 fully saturated rings. The molecule has 0 saturated carbocycles. The second kappa shape index (κ2) is 7.36. The molecule has 0 aliphatic carbocycles. The first-order valence-corrected chi connectivity index (χ1v) is 7.68. The van der Waals surface area contributed by atoms with Crippen LogP contribution in [0.4, 0.5) is 0 Å². The van der Waals surface area contributed by atoms with Gasteiger partial charge in [-0.2, -0.15) is 0 Å². The SMILES string of the molecule is C=CC(=O)N1CCC[C@@H](N(Cc2ccccn2)C(C)C)C1. The Morgan fingerprint density at radius 3 is 3.00 bits per heavy atom. The van der Waals surface area contributed by atoms with E-state index < -0.39 is 0 Å². The first kappa shape index (κ1) is 15.7. The zero-order valence-corrected chi connectivity index (χ0v) is 13.0. The van der Waals surface area contributed by atoms with Gasteiger partial charge in [0, 0.05) is 37.9 Å². The Bertz CT molecular complexity index is 472. The predicted octanol–water partition coefficient (Wildman–Crippen LogP) is 2.47.